The Bertz CT molecular complexity index is 414. The van der Waals surface area contributed by atoms with E-state index in [0.717, 1.165) is 25.4 Å². The van der Waals surface area contributed by atoms with Gasteiger partial charge in [-0.25, -0.2) is 0 Å². The molecule has 2 N–H and O–H groups in total. The monoisotopic (exact) mass is 266 g/mol. The van der Waals surface area contributed by atoms with Gasteiger partial charge in [-0.2, -0.15) is 0 Å². The number of carboxylic acids is 1. The average molecular weight is 266 g/mol. The van der Waals surface area contributed by atoms with Crippen molar-refractivity contribution in [3.8, 4) is 0 Å². The molecule has 1 saturated heterocycles. The predicted octanol–water partition coefficient (Wildman–Crippen LogP) is 1.70. The average Bonchev–Trinajstić information content (AvgIpc) is 2.82. The predicted molar refractivity (Wildman–Crippen MR) is 71.9 cm³/mol. The van der Waals surface area contributed by atoms with Gasteiger partial charge in [0.25, 0.3) is 0 Å². The third-order valence-electron chi connectivity index (χ3n) is 3.75. The highest BCUT2D eigenvalue weighted by Crippen LogP contribution is 2.26. The minimum Gasteiger partial charge on any atom is -0.481 e. The fourth-order valence-electron chi connectivity index (χ4n) is 2.71. The summed E-state index contributed by atoms with van der Waals surface area (Å²) in [4.78, 5) is 13.1. The topological polar surface area (TPSA) is 65.7 Å². The van der Waals surface area contributed by atoms with Gasteiger partial charge in [0.2, 0.25) is 0 Å². The number of hydrogen-bond acceptors (Lipinski definition) is 4. The molecule has 2 heterocycles. The summed E-state index contributed by atoms with van der Waals surface area (Å²) in [5, 5.41) is 12.3. The van der Waals surface area contributed by atoms with E-state index in [-0.39, 0.29) is 18.0 Å². The molecule has 0 bridgehead atoms. The maximum Gasteiger partial charge on any atom is 0.303 e. The van der Waals surface area contributed by atoms with Gasteiger partial charge in [-0.1, -0.05) is 0 Å². The van der Waals surface area contributed by atoms with E-state index in [1.54, 1.807) is 6.26 Å². The second kappa shape index (κ2) is 5.75. The van der Waals surface area contributed by atoms with E-state index in [1.165, 1.54) is 0 Å². The SMILES string of the molecule is CC1(C)CNCC(CCC(=O)O)N1Cc1ccco1. The van der Waals surface area contributed by atoms with Crippen LogP contribution in [0.15, 0.2) is 22.8 Å². The van der Waals surface area contributed by atoms with Gasteiger partial charge >= 0.3 is 5.97 Å². The highest BCUT2D eigenvalue weighted by Gasteiger charge is 2.36. The van der Waals surface area contributed by atoms with Gasteiger partial charge < -0.3 is 14.8 Å². The Labute approximate surface area is 113 Å². The summed E-state index contributed by atoms with van der Waals surface area (Å²) in [7, 11) is 0. The maximum absolute atomic E-state index is 10.8. The van der Waals surface area contributed by atoms with E-state index < -0.39 is 5.97 Å². The number of nitrogens with zero attached hydrogens (tertiary/aromatic N) is 1. The van der Waals surface area contributed by atoms with Crippen LogP contribution in [0.3, 0.4) is 0 Å². The van der Waals surface area contributed by atoms with E-state index in [1.807, 2.05) is 12.1 Å². The zero-order chi connectivity index (χ0) is 13.9. The van der Waals surface area contributed by atoms with Gasteiger partial charge in [0, 0.05) is 31.1 Å². The van der Waals surface area contributed by atoms with Gasteiger partial charge in [-0.15, -0.1) is 0 Å². The highest BCUT2D eigenvalue weighted by atomic mass is 16.4. The lowest BCUT2D eigenvalue weighted by Crippen LogP contribution is -2.62. The number of furan rings is 1. The Morgan fingerprint density at radius 2 is 2.42 bits per heavy atom. The number of aliphatic carboxylic acids is 1. The van der Waals surface area contributed by atoms with Crippen molar-refractivity contribution in [1.82, 2.24) is 10.2 Å². The summed E-state index contributed by atoms with van der Waals surface area (Å²) < 4.78 is 5.43. The first-order valence-corrected chi connectivity index (χ1v) is 6.71. The Morgan fingerprint density at radius 1 is 1.63 bits per heavy atom. The van der Waals surface area contributed by atoms with Gasteiger partial charge in [0.05, 0.1) is 12.8 Å². The van der Waals surface area contributed by atoms with Crippen LogP contribution in [-0.2, 0) is 11.3 Å². The molecule has 1 fully saturated rings. The van der Waals surface area contributed by atoms with Crippen molar-refractivity contribution in [3.05, 3.63) is 24.2 Å². The number of piperazine rings is 1. The molecule has 0 aromatic carbocycles. The lowest BCUT2D eigenvalue weighted by atomic mass is 9.94. The molecule has 5 nitrogen and oxygen atoms in total. The van der Waals surface area contributed by atoms with Crippen LogP contribution in [0, 0.1) is 0 Å². The molecule has 0 saturated carbocycles. The van der Waals surface area contributed by atoms with Crippen molar-refractivity contribution in [2.45, 2.75) is 44.8 Å². The Balaban J connectivity index is 2.08. The van der Waals surface area contributed by atoms with Crippen molar-refractivity contribution in [2.24, 2.45) is 0 Å². The summed E-state index contributed by atoms with van der Waals surface area (Å²) in [6.07, 6.45) is 2.54. The summed E-state index contributed by atoms with van der Waals surface area (Å²) in [5.41, 5.74) is -0.00574. The fourth-order valence-corrected chi connectivity index (χ4v) is 2.71. The van der Waals surface area contributed by atoms with Crippen LogP contribution >= 0.6 is 0 Å². The second-order valence-corrected chi connectivity index (χ2v) is 5.74. The van der Waals surface area contributed by atoms with Crippen LogP contribution in [0.5, 0.6) is 0 Å². The van der Waals surface area contributed by atoms with Crippen LogP contribution in [-0.4, -0.2) is 40.6 Å². The van der Waals surface area contributed by atoms with Crippen LogP contribution in [0.1, 0.15) is 32.4 Å². The van der Waals surface area contributed by atoms with Gasteiger partial charge in [-0.3, -0.25) is 9.69 Å². The summed E-state index contributed by atoms with van der Waals surface area (Å²) in [6, 6.07) is 4.08. The second-order valence-electron chi connectivity index (χ2n) is 5.74. The van der Waals surface area contributed by atoms with Crippen molar-refractivity contribution in [1.29, 1.82) is 0 Å². The molecule has 1 aromatic heterocycles. The minimum atomic E-state index is -0.735. The number of nitrogens with one attached hydrogen (secondary N) is 1. The molecule has 0 aliphatic carbocycles. The minimum absolute atomic E-state index is 0.00574. The van der Waals surface area contributed by atoms with Crippen LogP contribution < -0.4 is 5.32 Å². The lowest BCUT2D eigenvalue weighted by molar-refractivity contribution is -0.137. The molecule has 2 rings (SSSR count). The van der Waals surface area contributed by atoms with E-state index in [9.17, 15) is 4.79 Å². The maximum atomic E-state index is 10.8. The molecule has 1 atom stereocenters. The number of hydrogen-bond donors (Lipinski definition) is 2. The van der Waals surface area contributed by atoms with E-state index in [0.29, 0.717) is 6.42 Å². The first kappa shape index (κ1) is 14.1. The first-order chi connectivity index (χ1) is 8.99. The van der Waals surface area contributed by atoms with Crippen molar-refractivity contribution in [2.75, 3.05) is 13.1 Å². The first-order valence-electron chi connectivity index (χ1n) is 6.71. The van der Waals surface area contributed by atoms with Crippen molar-refractivity contribution < 1.29 is 14.3 Å². The van der Waals surface area contributed by atoms with E-state index >= 15 is 0 Å². The van der Waals surface area contributed by atoms with Crippen molar-refractivity contribution in [3.63, 3.8) is 0 Å². The van der Waals surface area contributed by atoms with Crippen LogP contribution in [0.4, 0.5) is 0 Å². The molecule has 1 unspecified atom stereocenters. The normalized spacial score (nSPS) is 23.4. The van der Waals surface area contributed by atoms with Gasteiger partial charge in [-0.05, 0) is 32.4 Å². The van der Waals surface area contributed by atoms with Gasteiger partial charge in [0.1, 0.15) is 5.76 Å². The van der Waals surface area contributed by atoms with Gasteiger partial charge in [0.15, 0.2) is 0 Å². The molecular weight excluding hydrogens is 244 g/mol. The Morgan fingerprint density at radius 3 is 3.05 bits per heavy atom. The smallest absolute Gasteiger partial charge is 0.303 e. The summed E-state index contributed by atoms with van der Waals surface area (Å²) in [6.45, 7) is 6.81. The molecule has 1 aromatic rings. The van der Waals surface area contributed by atoms with E-state index in [2.05, 4.69) is 24.1 Å². The number of rotatable bonds is 5. The summed E-state index contributed by atoms with van der Waals surface area (Å²) in [5.74, 6) is 0.191. The molecule has 19 heavy (non-hydrogen) atoms. The number of carboxylic acid groups (broad SMARTS) is 1. The van der Waals surface area contributed by atoms with Crippen LogP contribution in [0.2, 0.25) is 0 Å². The lowest BCUT2D eigenvalue weighted by Gasteiger charge is -2.47. The Kier molecular flexibility index (Phi) is 4.27. The molecule has 1 aliphatic heterocycles. The largest absolute Gasteiger partial charge is 0.481 e. The molecule has 0 spiro atoms. The zero-order valence-electron chi connectivity index (χ0n) is 11.6. The molecule has 0 radical (unpaired) electrons. The van der Waals surface area contributed by atoms with Crippen molar-refractivity contribution >= 4 is 5.97 Å². The van der Waals surface area contributed by atoms with E-state index in [4.69, 9.17) is 9.52 Å². The molecular formula is C14H22N2O3. The molecule has 106 valence electrons. The molecule has 5 heteroatoms. The third-order valence-corrected chi connectivity index (χ3v) is 3.75. The standard InChI is InChI=1S/C14H22N2O3/c1-14(2)10-15-8-11(5-6-13(17)18)16(14)9-12-4-3-7-19-12/h3-4,7,11,15H,5-6,8-10H2,1-2H3,(H,17,18). The Hall–Kier alpha value is -1.33. The third kappa shape index (κ3) is 3.58. The van der Waals surface area contributed by atoms with Crippen LogP contribution in [0.25, 0.3) is 0 Å². The fraction of sp³-hybridized carbons (Fsp3) is 0.643. The molecule has 1 aliphatic rings. The summed E-state index contributed by atoms with van der Waals surface area (Å²) >= 11 is 0. The highest BCUT2D eigenvalue weighted by molar-refractivity contribution is 5.66. The quantitative estimate of drug-likeness (QED) is 0.849. The molecule has 0 amide bonds. The zero-order valence-corrected chi connectivity index (χ0v) is 11.6. The number of carbonyl (C=O) groups is 1.